The van der Waals surface area contributed by atoms with Crippen LogP contribution < -0.4 is 10.6 Å². The predicted octanol–water partition coefficient (Wildman–Crippen LogP) is 2.98. The zero-order chi connectivity index (χ0) is 18.1. The fourth-order valence-corrected chi connectivity index (χ4v) is 3.67. The van der Waals surface area contributed by atoms with E-state index in [2.05, 4.69) is 67.1 Å². The quantitative estimate of drug-likeness (QED) is 0.407. The summed E-state index contributed by atoms with van der Waals surface area (Å²) in [5.41, 5.74) is 1.15. The lowest BCUT2D eigenvalue weighted by molar-refractivity contribution is 0.173. The Hall–Kier alpha value is -1.14. The van der Waals surface area contributed by atoms with Gasteiger partial charge in [0.05, 0.1) is 10.7 Å². The monoisotopic (exact) mass is 353 g/mol. The van der Waals surface area contributed by atoms with E-state index < -0.39 is 0 Å². The number of nitrogens with one attached hydrogen (secondary N) is 2. The molecule has 0 amide bonds. The van der Waals surface area contributed by atoms with E-state index in [1.807, 2.05) is 7.05 Å². The molecular formula is C18H35N5S. The number of guanidine groups is 1. The van der Waals surface area contributed by atoms with Crippen molar-refractivity contribution in [3.8, 4) is 0 Å². The van der Waals surface area contributed by atoms with Crippen LogP contribution in [0.5, 0.6) is 0 Å². The summed E-state index contributed by atoms with van der Waals surface area (Å²) >= 11 is 1.79. The van der Waals surface area contributed by atoms with Crippen molar-refractivity contribution in [3.05, 3.63) is 15.6 Å². The molecule has 6 heteroatoms. The molecule has 5 nitrogen and oxygen atoms in total. The second-order valence-electron chi connectivity index (χ2n) is 6.70. The molecule has 0 aliphatic heterocycles. The first kappa shape index (κ1) is 20.9. The maximum Gasteiger partial charge on any atom is 0.190 e. The smallest absolute Gasteiger partial charge is 0.190 e. The zero-order valence-corrected chi connectivity index (χ0v) is 17.3. The normalized spacial score (nSPS) is 12.5. The zero-order valence-electron chi connectivity index (χ0n) is 16.4. The SMILES string of the molecule is CN=C(NCCCN(C(C)C)C(C)C)NCCc1nc(C)c(C)s1. The molecule has 1 heterocycles. The Bertz CT molecular complexity index is 480. The molecule has 0 aliphatic carbocycles. The summed E-state index contributed by atoms with van der Waals surface area (Å²) in [5.74, 6) is 0.876. The van der Waals surface area contributed by atoms with Crippen LogP contribution in [0.2, 0.25) is 0 Å². The Morgan fingerprint density at radius 3 is 2.25 bits per heavy atom. The van der Waals surface area contributed by atoms with Crippen LogP contribution in [0.3, 0.4) is 0 Å². The molecule has 1 aromatic heterocycles. The first-order valence-electron chi connectivity index (χ1n) is 8.98. The van der Waals surface area contributed by atoms with Gasteiger partial charge in [-0.05, 0) is 48.0 Å². The number of nitrogens with zero attached hydrogens (tertiary/aromatic N) is 3. The minimum Gasteiger partial charge on any atom is -0.356 e. The van der Waals surface area contributed by atoms with Crippen molar-refractivity contribution in [2.75, 3.05) is 26.7 Å². The third-order valence-corrected chi connectivity index (χ3v) is 5.27. The molecule has 138 valence electrons. The summed E-state index contributed by atoms with van der Waals surface area (Å²) in [7, 11) is 1.82. The molecule has 0 fully saturated rings. The number of aryl methyl sites for hydroxylation is 2. The summed E-state index contributed by atoms with van der Waals surface area (Å²) in [4.78, 5) is 12.7. The lowest BCUT2D eigenvalue weighted by Crippen LogP contribution is -2.41. The van der Waals surface area contributed by atoms with Gasteiger partial charge in [0.25, 0.3) is 0 Å². The fourth-order valence-electron chi connectivity index (χ4n) is 2.74. The van der Waals surface area contributed by atoms with E-state index in [-0.39, 0.29) is 0 Å². The highest BCUT2D eigenvalue weighted by Gasteiger charge is 2.12. The van der Waals surface area contributed by atoms with Crippen LogP contribution in [0.1, 0.15) is 49.7 Å². The highest BCUT2D eigenvalue weighted by molar-refractivity contribution is 7.11. The summed E-state index contributed by atoms with van der Waals surface area (Å²) in [6, 6.07) is 1.18. The van der Waals surface area contributed by atoms with Gasteiger partial charge in [-0.25, -0.2) is 4.98 Å². The van der Waals surface area contributed by atoms with Gasteiger partial charge in [-0.15, -0.1) is 11.3 Å². The van der Waals surface area contributed by atoms with Gasteiger partial charge in [-0.2, -0.15) is 0 Å². The van der Waals surface area contributed by atoms with Crippen LogP contribution in [0, 0.1) is 13.8 Å². The minimum atomic E-state index is 0.590. The van der Waals surface area contributed by atoms with Crippen molar-refractivity contribution in [2.45, 2.75) is 66.5 Å². The fraction of sp³-hybridized carbons (Fsp3) is 0.778. The van der Waals surface area contributed by atoms with E-state index in [0.29, 0.717) is 12.1 Å². The first-order valence-corrected chi connectivity index (χ1v) is 9.80. The van der Waals surface area contributed by atoms with Crippen molar-refractivity contribution >= 4 is 17.3 Å². The van der Waals surface area contributed by atoms with E-state index in [9.17, 15) is 0 Å². The second-order valence-corrected chi connectivity index (χ2v) is 7.99. The van der Waals surface area contributed by atoms with E-state index in [1.165, 1.54) is 9.88 Å². The van der Waals surface area contributed by atoms with Crippen LogP contribution in [0.25, 0.3) is 0 Å². The molecule has 0 atom stereocenters. The van der Waals surface area contributed by atoms with Crippen LogP contribution >= 0.6 is 11.3 Å². The average molecular weight is 354 g/mol. The number of aromatic nitrogens is 1. The molecule has 0 aromatic carbocycles. The molecule has 0 spiro atoms. The Labute approximate surface area is 152 Å². The molecule has 24 heavy (non-hydrogen) atoms. The molecule has 1 aromatic rings. The molecule has 0 saturated carbocycles. The lowest BCUT2D eigenvalue weighted by atomic mass is 10.2. The maximum absolute atomic E-state index is 4.57. The third-order valence-electron chi connectivity index (χ3n) is 4.14. The van der Waals surface area contributed by atoms with Gasteiger partial charge in [-0.3, -0.25) is 9.89 Å². The van der Waals surface area contributed by atoms with Crippen LogP contribution in [-0.4, -0.2) is 54.6 Å². The van der Waals surface area contributed by atoms with Crippen LogP contribution in [-0.2, 0) is 6.42 Å². The van der Waals surface area contributed by atoms with Gasteiger partial charge in [0.1, 0.15) is 0 Å². The molecular weight excluding hydrogens is 318 g/mol. The van der Waals surface area contributed by atoms with Crippen molar-refractivity contribution in [1.82, 2.24) is 20.5 Å². The van der Waals surface area contributed by atoms with E-state index in [1.54, 1.807) is 11.3 Å². The lowest BCUT2D eigenvalue weighted by Gasteiger charge is -2.30. The molecule has 2 N–H and O–H groups in total. The summed E-state index contributed by atoms with van der Waals surface area (Å²) in [5, 5.41) is 7.97. The number of hydrogen-bond donors (Lipinski definition) is 2. The predicted molar refractivity (Wildman–Crippen MR) is 106 cm³/mol. The maximum atomic E-state index is 4.57. The molecule has 0 aliphatic rings. The Morgan fingerprint density at radius 2 is 1.75 bits per heavy atom. The van der Waals surface area contributed by atoms with Crippen LogP contribution in [0.4, 0.5) is 0 Å². The Kier molecular flexibility index (Phi) is 9.29. The number of thiazole rings is 1. The topological polar surface area (TPSA) is 52.6 Å². The van der Waals surface area contributed by atoms with Gasteiger partial charge >= 0.3 is 0 Å². The highest BCUT2D eigenvalue weighted by atomic mass is 32.1. The number of rotatable bonds is 9. The van der Waals surface area contributed by atoms with Gasteiger partial charge < -0.3 is 10.6 Å². The number of aliphatic imine (C=N–C) groups is 1. The van der Waals surface area contributed by atoms with E-state index in [0.717, 1.165) is 44.1 Å². The minimum absolute atomic E-state index is 0.590. The highest BCUT2D eigenvalue weighted by Crippen LogP contribution is 2.16. The van der Waals surface area contributed by atoms with Crippen molar-refractivity contribution in [3.63, 3.8) is 0 Å². The second kappa shape index (κ2) is 10.7. The summed E-state index contributed by atoms with van der Waals surface area (Å²) in [6.07, 6.45) is 2.05. The summed E-state index contributed by atoms with van der Waals surface area (Å²) < 4.78 is 0. The third kappa shape index (κ3) is 7.18. The summed E-state index contributed by atoms with van der Waals surface area (Å²) in [6.45, 7) is 16.1. The van der Waals surface area contributed by atoms with E-state index >= 15 is 0 Å². The molecule has 0 bridgehead atoms. The average Bonchev–Trinajstić information content (AvgIpc) is 2.82. The standard InChI is InChI=1S/C18H35N5S/c1-13(2)23(14(3)4)12-8-10-20-18(19-7)21-11-9-17-22-15(5)16(6)24-17/h13-14H,8-12H2,1-7H3,(H2,19,20,21). The molecule has 0 saturated heterocycles. The van der Waals surface area contributed by atoms with Crippen molar-refractivity contribution in [1.29, 1.82) is 0 Å². The Balaban J connectivity index is 2.25. The van der Waals surface area contributed by atoms with Gasteiger partial charge in [-0.1, -0.05) is 0 Å². The number of hydrogen-bond acceptors (Lipinski definition) is 4. The largest absolute Gasteiger partial charge is 0.356 e. The Morgan fingerprint density at radius 1 is 1.12 bits per heavy atom. The van der Waals surface area contributed by atoms with Gasteiger partial charge in [0.15, 0.2) is 5.96 Å². The first-order chi connectivity index (χ1) is 11.3. The van der Waals surface area contributed by atoms with Gasteiger partial charge in [0, 0.05) is 50.1 Å². The molecule has 1 rings (SSSR count). The van der Waals surface area contributed by atoms with E-state index in [4.69, 9.17) is 0 Å². The molecule has 0 radical (unpaired) electrons. The van der Waals surface area contributed by atoms with Gasteiger partial charge in [0.2, 0.25) is 0 Å². The molecule has 0 unspecified atom stereocenters. The van der Waals surface area contributed by atoms with Crippen LogP contribution in [0.15, 0.2) is 4.99 Å². The van der Waals surface area contributed by atoms with Crippen molar-refractivity contribution < 1.29 is 0 Å². The van der Waals surface area contributed by atoms with Crippen molar-refractivity contribution in [2.24, 2.45) is 4.99 Å².